The van der Waals surface area contributed by atoms with Gasteiger partial charge in [0, 0.05) is 35.3 Å². The molecule has 0 atom stereocenters. The van der Waals surface area contributed by atoms with Crippen molar-refractivity contribution in [2.75, 3.05) is 19.6 Å². The number of ether oxygens (including phenoxy) is 1. The first-order valence-electron chi connectivity index (χ1n) is 10.5. The highest BCUT2D eigenvalue weighted by Crippen LogP contribution is 2.35. The summed E-state index contributed by atoms with van der Waals surface area (Å²) in [4.78, 5) is 51.1. The number of nitrogens with zero attached hydrogens (tertiary/aromatic N) is 3. The summed E-state index contributed by atoms with van der Waals surface area (Å²) >= 11 is 4.17. The number of non-ortho nitro benzene ring substituents is 1. The maximum atomic E-state index is 12.9. The number of amides is 3. The van der Waals surface area contributed by atoms with Crippen LogP contribution in [0.4, 0.5) is 10.5 Å². The van der Waals surface area contributed by atoms with Gasteiger partial charge in [-0.15, -0.1) is 0 Å². The Labute approximate surface area is 208 Å². The summed E-state index contributed by atoms with van der Waals surface area (Å²) in [5.74, 6) is -0.314. The van der Waals surface area contributed by atoms with Crippen molar-refractivity contribution in [3.8, 4) is 5.75 Å². The van der Waals surface area contributed by atoms with E-state index in [9.17, 15) is 24.5 Å². The lowest BCUT2D eigenvalue weighted by Crippen LogP contribution is -2.40. The number of rotatable bonds is 7. The van der Waals surface area contributed by atoms with Gasteiger partial charge in [-0.2, -0.15) is 0 Å². The number of thioether (sulfide) groups is 1. The molecule has 0 bridgehead atoms. The number of hydrogen-bond donors (Lipinski definition) is 0. The summed E-state index contributed by atoms with van der Waals surface area (Å²) in [5.41, 5.74) is 1.13. The molecule has 0 aromatic heterocycles. The van der Waals surface area contributed by atoms with Gasteiger partial charge in [0.25, 0.3) is 16.8 Å². The van der Waals surface area contributed by atoms with Gasteiger partial charge in [-0.25, -0.2) is 0 Å². The number of benzene rings is 2. The van der Waals surface area contributed by atoms with E-state index in [2.05, 4.69) is 15.9 Å². The first-order chi connectivity index (χ1) is 16.3. The normalized spacial score (nSPS) is 17.0. The lowest BCUT2D eigenvalue weighted by Gasteiger charge is -2.18. The molecule has 3 amide bonds. The molecule has 0 unspecified atom stereocenters. The molecule has 2 aliphatic heterocycles. The van der Waals surface area contributed by atoms with Crippen LogP contribution < -0.4 is 4.74 Å². The fraction of sp³-hybridized carbons (Fsp3) is 0.261. The molecule has 2 saturated heterocycles. The SMILES string of the molecule is O=C(CN1C(=O)S/C(=C\c2cc(Br)ccc2OCc2cccc([N+](=O)[O-])c2)C1=O)N1CCCC1. The zero-order valence-electron chi connectivity index (χ0n) is 17.9. The molecular weight excluding hydrogens is 526 g/mol. The van der Waals surface area contributed by atoms with Crippen molar-refractivity contribution >= 4 is 56.5 Å². The predicted molar refractivity (Wildman–Crippen MR) is 130 cm³/mol. The number of nitro benzene ring substituents is 1. The minimum atomic E-state index is -0.521. The second kappa shape index (κ2) is 10.4. The summed E-state index contributed by atoms with van der Waals surface area (Å²) in [7, 11) is 0. The molecule has 0 spiro atoms. The third kappa shape index (κ3) is 5.48. The predicted octanol–water partition coefficient (Wildman–Crippen LogP) is 4.60. The molecule has 2 aromatic carbocycles. The van der Waals surface area contributed by atoms with E-state index in [0.717, 1.165) is 34.0 Å². The van der Waals surface area contributed by atoms with E-state index in [4.69, 9.17) is 4.74 Å². The van der Waals surface area contributed by atoms with Gasteiger partial charge in [0.1, 0.15) is 18.9 Å². The highest BCUT2D eigenvalue weighted by molar-refractivity contribution is 9.10. The van der Waals surface area contributed by atoms with Gasteiger partial charge in [0.05, 0.1) is 9.83 Å². The topological polar surface area (TPSA) is 110 Å². The van der Waals surface area contributed by atoms with E-state index in [-0.39, 0.29) is 29.7 Å². The Morgan fingerprint density at radius 3 is 2.68 bits per heavy atom. The Balaban J connectivity index is 1.51. The van der Waals surface area contributed by atoms with Gasteiger partial charge in [0.2, 0.25) is 5.91 Å². The highest BCUT2D eigenvalue weighted by Gasteiger charge is 2.37. The number of hydrogen-bond acceptors (Lipinski definition) is 7. The van der Waals surface area contributed by atoms with Crippen molar-refractivity contribution in [3.05, 3.63) is 73.1 Å². The molecule has 176 valence electrons. The third-order valence-corrected chi connectivity index (χ3v) is 6.80. The zero-order chi connectivity index (χ0) is 24.2. The molecule has 11 heteroatoms. The third-order valence-electron chi connectivity index (χ3n) is 5.40. The van der Waals surface area contributed by atoms with Gasteiger partial charge in [-0.3, -0.25) is 29.4 Å². The van der Waals surface area contributed by atoms with Crippen molar-refractivity contribution in [2.45, 2.75) is 19.4 Å². The number of nitro groups is 1. The molecule has 2 aliphatic rings. The van der Waals surface area contributed by atoms with Crippen LogP contribution in [0.5, 0.6) is 5.75 Å². The van der Waals surface area contributed by atoms with Gasteiger partial charge < -0.3 is 9.64 Å². The highest BCUT2D eigenvalue weighted by atomic mass is 79.9. The maximum absolute atomic E-state index is 12.9. The van der Waals surface area contributed by atoms with E-state index in [1.165, 1.54) is 12.1 Å². The lowest BCUT2D eigenvalue weighted by atomic mass is 10.1. The fourth-order valence-electron chi connectivity index (χ4n) is 3.66. The maximum Gasteiger partial charge on any atom is 0.294 e. The van der Waals surface area contributed by atoms with Gasteiger partial charge >= 0.3 is 0 Å². The molecule has 2 fully saturated rings. The average molecular weight is 546 g/mol. The number of halogens is 1. The van der Waals surface area contributed by atoms with E-state index in [0.29, 0.717) is 30.0 Å². The Bertz CT molecular complexity index is 1190. The van der Waals surface area contributed by atoms with Crippen LogP contribution in [0.2, 0.25) is 0 Å². The molecule has 0 radical (unpaired) electrons. The van der Waals surface area contributed by atoms with Crippen molar-refractivity contribution in [3.63, 3.8) is 0 Å². The number of carbonyl (C=O) groups is 3. The molecule has 0 N–H and O–H groups in total. The largest absolute Gasteiger partial charge is 0.488 e. The smallest absolute Gasteiger partial charge is 0.294 e. The molecule has 34 heavy (non-hydrogen) atoms. The van der Waals surface area contributed by atoms with Gasteiger partial charge in [0.15, 0.2) is 0 Å². The van der Waals surface area contributed by atoms with Crippen LogP contribution in [-0.4, -0.2) is 51.4 Å². The minimum absolute atomic E-state index is 0.0331. The number of likely N-dealkylation sites (tertiary alicyclic amines) is 1. The molecule has 2 heterocycles. The summed E-state index contributed by atoms with van der Waals surface area (Å²) in [6.07, 6.45) is 3.41. The van der Waals surface area contributed by atoms with Crippen LogP contribution in [0.1, 0.15) is 24.0 Å². The number of carbonyl (C=O) groups excluding carboxylic acids is 3. The Morgan fingerprint density at radius 1 is 1.18 bits per heavy atom. The molecular formula is C23H20BrN3O6S. The molecule has 4 rings (SSSR count). The first-order valence-corrected chi connectivity index (χ1v) is 12.1. The summed E-state index contributed by atoms with van der Waals surface area (Å²) in [5, 5.41) is 10.5. The van der Waals surface area contributed by atoms with Crippen molar-refractivity contribution in [2.24, 2.45) is 0 Å². The van der Waals surface area contributed by atoms with Crippen molar-refractivity contribution in [1.29, 1.82) is 0 Å². The van der Waals surface area contributed by atoms with Crippen molar-refractivity contribution in [1.82, 2.24) is 9.80 Å². The van der Waals surface area contributed by atoms with E-state index >= 15 is 0 Å². The second-order valence-corrected chi connectivity index (χ2v) is 9.66. The summed E-state index contributed by atoms with van der Waals surface area (Å²) in [6, 6.07) is 11.3. The molecule has 9 nitrogen and oxygen atoms in total. The van der Waals surface area contributed by atoms with E-state index in [1.54, 1.807) is 41.3 Å². The summed E-state index contributed by atoms with van der Waals surface area (Å²) in [6.45, 7) is 1.11. The zero-order valence-corrected chi connectivity index (χ0v) is 20.3. The monoisotopic (exact) mass is 545 g/mol. The van der Waals surface area contributed by atoms with Crippen LogP contribution >= 0.6 is 27.7 Å². The second-order valence-electron chi connectivity index (χ2n) is 7.75. The van der Waals surface area contributed by atoms with Crippen LogP contribution in [0.15, 0.2) is 51.8 Å². The minimum Gasteiger partial charge on any atom is -0.488 e. The molecule has 2 aromatic rings. The standard InChI is InChI=1S/C23H20BrN3O6S/c24-17-6-7-19(33-14-15-4-3-5-18(10-15)27(31)32)16(11-17)12-20-22(29)26(23(30)34-20)13-21(28)25-8-1-2-9-25/h3-7,10-12H,1-2,8-9,13-14H2/b20-12-. The Morgan fingerprint density at radius 2 is 1.94 bits per heavy atom. The number of imide groups is 1. The van der Waals surface area contributed by atoms with Crippen LogP contribution in [0, 0.1) is 10.1 Å². The Hall–Kier alpha value is -3.18. The van der Waals surface area contributed by atoms with Gasteiger partial charge in [-0.05, 0) is 54.4 Å². The van der Waals surface area contributed by atoms with Gasteiger partial charge in [-0.1, -0.05) is 28.1 Å². The summed E-state index contributed by atoms with van der Waals surface area (Å²) < 4.78 is 6.62. The van der Waals surface area contributed by atoms with E-state index < -0.39 is 16.1 Å². The van der Waals surface area contributed by atoms with Crippen LogP contribution in [0.25, 0.3) is 6.08 Å². The fourth-order valence-corrected chi connectivity index (χ4v) is 4.87. The molecule has 0 aliphatic carbocycles. The van der Waals surface area contributed by atoms with Crippen LogP contribution in [-0.2, 0) is 16.2 Å². The van der Waals surface area contributed by atoms with E-state index in [1.807, 2.05) is 0 Å². The Kier molecular flexibility index (Phi) is 7.32. The van der Waals surface area contributed by atoms with Crippen LogP contribution in [0.3, 0.4) is 0 Å². The first kappa shape index (κ1) is 24.0. The lowest BCUT2D eigenvalue weighted by molar-refractivity contribution is -0.384. The van der Waals surface area contributed by atoms with Crippen molar-refractivity contribution < 1.29 is 24.0 Å². The average Bonchev–Trinajstić information content (AvgIpc) is 3.44. The molecule has 0 saturated carbocycles. The quantitative estimate of drug-likeness (QED) is 0.284.